The molecule has 0 heterocycles. The molecule has 1 amide bonds. The number of carboxylic acids is 1. The summed E-state index contributed by atoms with van der Waals surface area (Å²) in [5.74, 6) is -0.940. The van der Waals surface area contributed by atoms with Crippen LogP contribution in [0.3, 0.4) is 0 Å². The van der Waals surface area contributed by atoms with E-state index in [1.165, 1.54) is 0 Å². The van der Waals surface area contributed by atoms with Crippen LogP contribution in [0, 0.1) is 11.8 Å². The quantitative estimate of drug-likeness (QED) is 0.680. The van der Waals surface area contributed by atoms with Crippen molar-refractivity contribution in [2.45, 2.75) is 33.6 Å². The van der Waals surface area contributed by atoms with Crippen LogP contribution in [0.2, 0.25) is 0 Å². The van der Waals surface area contributed by atoms with Gasteiger partial charge in [-0.25, -0.2) is 0 Å². The van der Waals surface area contributed by atoms with Gasteiger partial charge in [0.15, 0.2) is 0 Å². The predicted octanol–water partition coefficient (Wildman–Crippen LogP) is 1.26. The Morgan fingerprint density at radius 1 is 1.29 bits per heavy atom. The third-order valence-corrected chi connectivity index (χ3v) is 2.58. The van der Waals surface area contributed by atoms with Gasteiger partial charge in [0, 0.05) is 5.92 Å². The lowest BCUT2D eigenvalue weighted by Crippen LogP contribution is -2.36. The summed E-state index contributed by atoms with van der Waals surface area (Å²) in [4.78, 5) is 21.7. The molecule has 0 fully saturated rings. The summed E-state index contributed by atoms with van der Waals surface area (Å²) in [6.07, 6.45) is 1.89. The summed E-state index contributed by atoms with van der Waals surface area (Å²) in [7, 11) is 0. The second kappa shape index (κ2) is 6.40. The predicted molar refractivity (Wildman–Crippen MR) is 53.9 cm³/mol. The Bertz CT molecular complexity index is 200. The highest BCUT2D eigenvalue weighted by Gasteiger charge is 2.20. The highest BCUT2D eigenvalue weighted by molar-refractivity contribution is 5.82. The van der Waals surface area contributed by atoms with Gasteiger partial charge < -0.3 is 10.4 Å². The molecule has 0 aromatic carbocycles. The molecule has 0 saturated carbocycles. The van der Waals surface area contributed by atoms with E-state index in [0.717, 1.165) is 12.8 Å². The molecule has 0 aliphatic heterocycles. The SMILES string of the molecule is CCC(CC)C(C)C(=O)NCC(=O)O. The molecule has 0 spiro atoms. The van der Waals surface area contributed by atoms with E-state index < -0.39 is 5.97 Å². The van der Waals surface area contributed by atoms with Gasteiger partial charge in [-0.3, -0.25) is 9.59 Å². The number of hydrogen-bond donors (Lipinski definition) is 2. The van der Waals surface area contributed by atoms with E-state index in [9.17, 15) is 9.59 Å². The van der Waals surface area contributed by atoms with Crippen LogP contribution in [0.1, 0.15) is 33.6 Å². The molecular formula is C10H19NO3. The average Bonchev–Trinajstić information content (AvgIpc) is 2.15. The zero-order chi connectivity index (χ0) is 11.1. The molecule has 1 atom stereocenters. The van der Waals surface area contributed by atoms with E-state index in [4.69, 9.17) is 5.11 Å². The van der Waals surface area contributed by atoms with Gasteiger partial charge in [0.2, 0.25) is 5.91 Å². The number of nitrogens with one attached hydrogen (secondary N) is 1. The van der Waals surface area contributed by atoms with Crippen LogP contribution in [0.15, 0.2) is 0 Å². The monoisotopic (exact) mass is 201 g/mol. The highest BCUT2D eigenvalue weighted by atomic mass is 16.4. The van der Waals surface area contributed by atoms with Crippen LogP contribution < -0.4 is 5.32 Å². The molecule has 14 heavy (non-hydrogen) atoms. The standard InChI is InChI=1S/C10H19NO3/c1-4-8(5-2)7(3)10(14)11-6-9(12)13/h7-8H,4-6H2,1-3H3,(H,11,14)(H,12,13). The van der Waals surface area contributed by atoms with Gasteiger partial charge in [-0.15, -0.1) is 0 Å². The Morgan fingerprint density at radius 2 is 1.79 bits per heavy atom. The van der Waals surface area contributed by atoms with E-state index in [1.54, 1.807) is 0 Å². The van der Waals surface area contributed by atoms with Crippen molar-refractivity contribution in [3.05, 3.63) is 0 Å². The number of aliphatic carboxylic acids is 1. The molecule has 4 nitrogen and oxygen atoms in total. The third kappa shape index (κ3) is 4.25. The van der Waals surface area contributed by atoms with Crippen molar-refractivity contribution in [3.63, 3.8) is 0 Å². The van der Waals surface area contributed by atoms with Crippen LogP contribution in [-0.4, -0.2) is 23.5 Å². The van der Waals surface area contributed by atoms with Crippen LogP contribution in [0.4, 0.5) is 0 Å². The number of carboxylic acid groups (broad SMARTS) is 1. The van der Waals surface area contributed by atoms with Crippen LogP contribution in [0.25, 0.3) is 0 Å². The van der Waals surface area contributed by atoms with Crippen molar-refractivity contribution < 1.29 is 14.7 Å². The van der Waals surface area contributed by atoms with E-state index in [1.807, 2.05) is 20.8 Å². The van der Waals surface area contributed by atoms with Gasteiger partial charge in [-0.1, -0.05) is 33.6 Å². The van der Waals surface area contributed by atoms with Crippen molar-refractivity contribution in [2.24, 2.45) is 11.8 Å². The van der Waals surface area contributed by atoms with Gasteiger partial charge in [0.1, 0.15) is 6.54 Å². The lowest BCUT2D eigenvalue weighted by Gasteiger charge is -2.19. The molecule has 0 rings (SSSR count). The Hall–Kier alpha value is -1.06. The Kier molecular flexibility index (Phi) is 5.92. The first-order chi connectivity index (χ1) is 6.52. The van der Waals surface area contributed by atoms with Crippen molar-refractivity contribution in [1.29, 1.82) is 0 Å². The number of hydrogen-bond acceptors (Lipinski definition) is 2. The molecule has 0 aromatic heterocycles. The molecule has 82 valence electrons. The minimum Gasteiger partial charge on any atom is -0.480 e. The second-order valence-electron chi connectivity index (χ2n) is 3.48. The van der Waals surface area contributed by atoms with E-state index in [0.29, 0.717) is 5.92 Å². The first kappa shape index (κ1) is 12.9. The Morgan fingerprint density at radius 3 is 2.14 bits per heavy atom. The first-order valence-corrected chi connectivity index (χ1v) is 5.02. The van der Waals surface area contributed by atoms with Gasteiger partial charge in [-0.05, 0) is 5.92 Å². The maximum Gasteiger partial charge on any atom is 0.322 e. The average molecular weight is 201 g/mol. The second-order valence-corrected chi connectivity index (χ2v) is 3.48. The summed E-state index contributed by atoms with van der Waals surface area (Å²) in [5.41, 5.74) is 0. The van der Waals surface area contributed by atoms with Crippen molar-refractivity contribution in [1.82, 2.24) is 5.32 Å². The van der Waals surface area contributed by atoms with Crippen LogP contribution in [-0.2, 0) is 9.59 Å². The van der Waals surface area contributed by atoms with Gasteiger partial charge >= 0.3 is 5.97 Å². The van der Waals surface area contributed by atoms with E-state index in [2.05, 4.69) is 5.32 Å². The minimum atomic E-state index is -1.00. The molecule has 0 aliphatic carbocycles. The zero-order valence-electron chi connectivity index (χ0n) is 9.04. The van der Waals surface area contributed by atoms with Gasteiger partial charge in [-0.2, -0.15) is 0 Å². The summed E-state index contributed by atoms with van der Waals surface area (Å²) in [6, 6.07) is 0. The lowest BCUT2D eigenvalue weighted by atomic mass is 9.89. The smallest absolute Gasteiger partial charge is 0.322 e. The normalized spacial score (nSPS) is 12.6. The fourth-order valence-electron chi connectivity index (χ4n) is 1.53. The highest BCUT2D eigenvalue weighted by Crippen LogP contribution is 2.18. The van der Waals surface area contributed by atoms with Crippen LogP contribution in [0.5, 0.6) is 0 Å². The molecular weight excluding hydrogens is 182 g/mol. The molecule has 0 saturated heterocycles. The fourth-order valence-corrected chi connectivity index (χ4v) is 1.53. The van der Waals surface area contributed by atoms with Crippen molar-refractivity contribution >= 4 is 11.9 Å². The zero-order valence-corrected chi connectivity index (χ0v) is 9.04. The number of amides is 1. The molecule has 0 radical (unpaired) electrons. The summed E-state index contributed by atoms with van der Waals surface area (Å²) >= 11 is 0. The minimum absolute atomic E-state index is 0.107. The van der Waals surface area contributed by atoms with Gasteiger partial charge in [0.25, 0.3) is 0 Å². The largest absolute Gasteiger partial charge is 0.480 e. The molecule has 0 aromatic rings. The molecule has 4 heteroatoms. The maximum atomic E-state index is 11.4. The topological polar surface area (TPSA) is 66.4 Å². The fraction of sp³-hybridized carbons (Fsp3) is 0.800. The Labute approximate surface area is 84.7 Å². The number of carbonyl (C=O) groups is 2. The van der Waals surface area contributed by atoms with Crippen molar-refractivity contribution in [2.75, 3.05) is 6.54 Å². The number of rotatable bonds is 6. The molecule has 0 aliphatic rings. The molecule has 2 N–H and O–H groups in total. The maximum absolute atomic E-state index is 11.4. The summed E-state index contributed by atoms with van der Waals surface area (Å²) in [6.45, 7) is 5.63. The van der Waals surface area contributed by atoms with Crippen molar-refractivity contribution in [3.8, 4) is 0 Å². The van der Waals surface area contributed by atoms with Gasteiger partial charge in [0.05, 0.1) is 0 Å². The summed E-state index contributed by atoms with van der Waals surface area (Å²) in [5, 5.41) is 10.8. The van der Waals surface area contributed by atoms with Crippen LogP contribution >= 0.6 is 0 Å². The Balaban J connectivity index is 4.03. The first-order valence-electron chi connectivity index (χ1n) is 5.02. The summed E-state index contributed by atoms with van der Waals surface area (Å²) < 4.78 is 0. The van der Waals surface area contributed by atoms with E-state index in [-0.39, 0.29) is 18.4 Å². The third-order valence-electron chi connectivity index (χ3n) is 2.58. The van der Waals surface area contributed by atoms with E-state index >= 15 is 0 Å². The lowest BCUT2D eigenvalue weighted by molar-refractivity contribution is -0.138. The molecule has 1 unspecified atom stereocenters. The molecule has 0 bridgehead atoms. The number of carbonyl (C=O) groups excluding carboxylic acids is 1.